The van der Waals surface area contributed by atoms with Gasteiger partial charge in [0.25, 0.3) is 0 Å². The largest absolute Gasteiger partial charge is 0.458 e. The van der Waals surface area contributed by atoms with E-state index in [-0.39, 0.29) is 17.9 Å². The molecule has 124 valence electrons. The zero-order valence-corrected chi connectivity index (χ0v) is 14.9. The SMILES string of the molecule is CCCCCC(=O)N(C(C)CC)C(C)C(=O)OC(C)(C)C. The highest BCUT2D eigenvalue weighted by Crippen LogP contribution is 2.17. The van der Waals surface area contributed by atoms with Crippen molar-refractivity contribution in [1.82, 2.24) is 4.90 Å². The number of esters is 1. The molecular weight excluding hydrogens is 266 g/mol. The molecular formula is C17H33NO3. The Hall–Kier alpha value is -1.06. The molecule has 0 spiro atoms. The van der Waals surface area contributed by atoms with Gasteiger partial charge in [-0.15, -0.1) is 0 Å². The van der Waals surface area contributed by atoms with Crippen LogP contribution in [0.25, 0.3) is 0 Å². The minimum atomic E-state index is -0.534. The van der Waals surface area contributed by atoms with E-state index in [4.69, 9.17) is 4.74 Å². The lowest BCUT2D eigenvalue weighted by atomic mass is 10.1. The number of hydrogen-bond acceptors (Lipinski definition) is 3. The van der Waals surface area contributed by atoms with Crippen molar-refractivity contribution >= 4 is 11.9 Å². The molecule has 0 fully saturated rings. The van der Waals surface area contributed by atoms with Crippen LogP contribution in [0, 0.1) is 0 Å². The Labute approximate surface area is 130 Å². The van der Waals surface area contributed by atoms with Crippen LogP contribution in [0.4, 0.5) is 0 Å². The summed E-state index contributed by atoms with van der Waals surface area (Å²) in [7, 11) is 0. The lowest BCUT2D eigenvalue weighted by Crippen LogP contribution is -2.49. The molecule has 0 rings (SSSR count). The van der Waals surface area contributed by atoms with Gasteiger partial charge in [0.2, 0.25) is 5.91 Å². The maximum Gasteiger partial charge on any atom is 0.329 e. The van der Waals surface area contributed by atoms with Gasteiger partial charge in [0.15, 0.2) is 0 Å². The van der Waals surface area contributed by atoms with E-state index in [1.807, 2.05) is 34.6 Å². The van der Waals surface area contributed by atoms with Crippen LogP contribution < -0.4 is 0 Å². The van der Waals surface area contributed by atoms with Gasteiger partial charge in [-0.2, -0.15) is 0 Å². The van der Waals surface area contributed by atoms with Crippen molar-refractivity contribution in [3.63, 3.8) is 0 Å². The van der Waals surface area contributed by atoms with Crippen LogP contribution in [0.2, 0.25) is 0 Å². The van der Waals surface area contributed by atoms with Crippen LogP contribution in [0.5, 0.6) is 0 Å². The van der Waals surface area contributed by atoms with E-state index >= 15 is 0 Å². The summed E-state index contributed by atoms with van der Waals surface area (Å²) < 4.78 is 5.42. The third kappa shape index (κ3) is 7.49. The van der Waals surface area contributed by atoms with E-state index in [0.717, 1.165) is 25.7 Å². The first-order valence-corrected chi connectivity index (χ1v) is 8.18. The molecule has 21 heavy (non-hydrogen) atoms. The molecule has 0 aliphatic heterocycles. The van der Waals surface area contributed by atoms with Gasteiger partial charge in [-0.1, -0.05) is 26.7 Å². The maximum atomic E-state index is 12.4. The molecule has 0 radical (unpaired) electrons. The summed E-state index contributed by atoms with van der Waals surface area (Å²) >= 11 is 0. The fourth-order valence-electron chi connectivity index (χ4n) is 2.20. The number of ether oxygens (including phenoxy) is 1. The first kappa shape index (κ1) is 19.9. The average molecular weight is 299 g/mol. The topological polar surface area (TPSA) is 46.6 Å². The van der Waals surface area contributed by atoms with Crippen molar-refractivity contribution in [1.29, 1.82) is 0 Å². The van der Waals surface area contributed by atoms with E-state index < -0.39 is 11.6 Å². The molecule has 0 heterocycles. The molecule has 0 aliphatic carbocycles. The lowest BCUT2D eigenvalue weighted by Gasteiger charge is -2.34. The van der Waals surface area contributed by atoms with Crippen molar-refractivity contribution in [3.05, 3.63) is 0 Å². The number of carbonyl (C=O) groups excluding carboxylic acids is 2. The van der Waals surface area contributed by atoms with E-state index in [2.05, 4.69) is 6.92 Å². The molecule has 0 aliphatic rings. The van der Waals surface area contributed by atoms with Crippen molar-refractivity contribution in [3.8, 4) is 0 Å². The Balaban J connectivity index is 4.88. The van der Waals surface area contributed by atoms with Gasteiger partial charge in [0, 0.05) is 12.5 Å². The molecule has 0 aromatic heterocycles. The Bertz CT molecular complexity index is 333. The molecule has 2 unspecified atom stereocenters. The number of rotatable bonds is 8. The fourth-order valence-corrected chi connectivity index (χ4v) is 2.20. The van der Waals surface area contributed by atoms with Gasteiger partial charge in [-0.3, -0.25) is 4.79 Å². The summed E-state index contributed by atoms with van der Waals surface area (Å²) in [5, 5.41) is 0. The summed E-state index contributed by atoms with van der Waals surface area (Å²) in [4.78, 5) is 26.4. The predicted octanol–water partition coefficient (Wildman–Crippen LogP) is 3.92. The first-order valence-electron chi connectivity index (χ1n) is 8.18. The third-order valence-corrected chi connectivity index (χ3v) is 3.51. The summed E-state index contributed by atoms with van der Waals surface area (Å²) in [5.41, 5.74) is -0.530. The molecule has 0 aromatic carbocycles. The monoisotopic (exact) mass is 299 g/mol. The third-order valence-electron chi connectivity index (χ3n) is 3.51. The second kappa shape index (κ2) is 9.06. The van der Waals surface area contributed by atoms with Crippen molar-refractivity contribution < 1.29 is 14.3 Å². The molecule has 2 atom stereocenters. The van der Waals surface area contributed by atoms with Gasteiger partial charge in [-0.25, -0.2) is 4.79 Å². The maximum absolute atomic E-state index is 12.4. The number of hydrogen-bond donors (Lipinski definition) is 0. The van der Waals surface area contributed by atoms with Crippen molar-refractivity contribution in [2.75, 3.05) is 0 Å². The molecule has 0 saturated carbocycles. The Morgan fingerprint density at radius 2 is 1.67 bits per heavy atom. The molecule has 4 nitrogen and oxygen atoms in total. The molecule has 0 N–H and O–H groups in total. The highest BCUT2D eigenvalue weighted by molar-refractivity contribution is 5.84. The van der Waals surface area contributed by atoms with Gasteiger partial charge in [0.05, 0.1) is 0 Å². The zero-order valence-electron chi connectivity index (χ0n) is 14.9. The Morgan fingerprint density at radius 3 is 2.10 bits per heavy atom. The second-order valence-corrected chi connectivity index (χ2v) is 6.72. The Morgan fingerprint density at radius 1 is 1.10 bits per heavy atom. The van der Waals surface area contributed by atoms with Crippen LogP contribution in [-0.2, 0) is 14.3 Å². The molecule has 0 bridgehead atoms. The highest BCUT2D eigenvalue weighted by Gasteiger charge is 2.31. The quantitative estimate of drug-likeness (QED) is 0.504. The van der Waals surface area contributed by atoms with E-state index in [1.165, 1.54) is 0 Å². The lowest BCUT2D eigenvalue weighted by molar-refractivity contribution is -0.165. The van der Waals surface area contributed by atoms with Gasteiger partial charge >= 0.3 is 5.97 Å². The molecule has 0 saturated heterocycles. The highest BCUT2D eigenvalue weighted by atomic mass is 16.6. The van der Waals surface area contributed by atoms with E-state index in [0.29, 0.717) is 6.42 Å². The number of amides is 1. The minimum Gasteiger partial charge on any atom is -0.458 e. The minimum absolute atomic E-state index is 0.0432. The second-order valence-electron chi connectivity index (χ2n) is 6.72. The van der Waals surface area contributed by atoms with Gasteiger partial charge in [0.1, 0.15) is 11.6 Å². The van der Waals surface area contributed by atoms with Gasteiger partial charge < -0.3 is 9.64 Å². The summed E-state index contributed by atoms with van der Waals surface area (Å²) in [5.74, 6) is -0.275. The fraction of sp³-hybridized carbons (Fsp3) is 0.882. The first-order chi connectivity index (χ1) is 9.64. The van der Waals surface area contributed by atoms with Crippen LogP contribution in [0.3, 0.4) is 0 Å². The van der Waals surface area contributed by atoms with Crippen LogP contribution in [-0.4, -0.2) is 34.5 Å². The molecule has 1 amide bonds. The number of nitrogens with zero attached hydrogens (tertiary/aromatic N) is 1. The van der Waals surface area contributed by atoms with E-state index in [9.17, 15) is 9.59 Å². The predicted molar refractivity (Wildman–Crippen MR) is 86.0 cm³/mol. The standard InChI is InChI=1S/C17H33NO3/c1-8-10-11-12-15(19)18(13(3)9-2)14(4)16(20)21-17(5,6)7/h13-14H,8-12H2,1-7H3. The number of unbranched alkanes of at least 4 members (excludes halogenated alkanes) is 2. The molecule has 0 aromatic rings. The zero-order chi connectivity index (χ0) is 16.6. The summed E-state index contributed by atoms with van der Waals surface area (Å²) in [6.07, 6.45) is 4.33. The van der Waals surface area contributed by atoms with Crippen LogP contribution in [0.1, 0.15) is 80.6 Å². The van der Waals surface area contributed by atoms with Crippen molar-refractivity contribution in [2.24, 2.45) is 0 Å². The normalized spacial score (nSPS) is 14.4. The summed E-state index contributed by atoms with van der Waals surface area (Å²) in [6, 6.07) is -0.491. The van der Waals surface area contributed by atoms with Crippen LogP contribution in [0.15, 0.2) is 0 Å². The van der Waals surface area contributed by atoms with Crippen LogP contribution >= 0.6 is 0 Å². The van der Waals surface area contributed by atoms with Gasteiger partial charge in [-0.05, 0) is 47.5 Å². The number of carbonyl (C=O) groups is 2. The smallest absolute Gasteiger partial charge is 0.329 e. The van der Waals surface area contributed by atoms with E-state index in [1.54, 1.807) is 11.8 Å². The summed E-state index contributed by atoms with van der Waals surface area (Å²) in [6.45, 7) is 13.4. The molecule has 4 heteroatoms. The van der Waals surface area contributed by atoms with Crippen molar-refractivity contribution in [2.45, 2.75) is 98.3 Å². The average Bonchev–Trinajstić information content (AvgIpc) is 2.36. The Kier molecular flexibility index (Phi) is 8.60.